The van der Waals surface area contributed by atoms with E-state index < -0.39 is 0 Å². The first-order valence-electron chi connectivity index (χ1n) is 9.74. The van der Waals surface area contributed by atoms with Crippen LogP contribution in [-0.2, 0) is 9.59 Å². The van der Waals surface area contributed by atoms with Crippen LogP contribution >= 0.6 is 0 Å². The van der Waals surface area contributed by atoms with Gasteiger partial charge in [-0.15, -0.1) is 0 Å². The fourth-order valence-corrected chi connectivity index (χ4v) is 8.04. The Bertz CT molecular complexity index is 690. The Balaban J connectivity index is 1.47. The van der Waals surface area contributed by atoms with E-state index in [1.807, 2.05) is 6.08 Å². The molecule has 2 nitrogen and oxygen atoms in total. The van der Waals surface area contributed by atoms with Gasteiger partial charge >= 0.3 is 0 Å². The number of carbonyl (C=O) groups excluding carboxylic acids is 2. The van der Waals surface area contributed by atoms with Crippen LogP contribution in [0.25, 0.3) is 0 Å². The number of carbonyl (C=O) groups is 2. The van der Waals surface area contributed by atoms with Crippen LogP contribution < -0.4 is 0 Å². The van der Waals surface area contributed by atoms with Gasteiger partial charge < -0.3 is 0 Å². The maximum atomic E-state index is 12.8. The molecule has 0 amide bonds. The van der Waals surface area contributed by atoms with Gasteiger partial charge in [0.15, 0.2) is 5.78 Å². The lowest BCUT2D eigenvalue weighted by atomic mass is 9.46. The highest BCUT2D eigenvalue weighted by molar-refractivity contribution is 5.93. The number of ketones is 2. The van der Waals surface area contributed by atoms with E-state index in [0.717, 1.165) is 42.9 Å². The Morgan fingerprint density at radius 2 is 1.78 bits per heavy atom. The van der Waals surface area contributed by atoms with Crippen molar-refractivity contribution in [2.75, 3.05) is 0 Å². The van der Waals surface area contributed by atoms with Gasteiger partial charge in [0.05, 0.1) is 0 Å². The predicted octanol–water partition coefficient (Wildman–Crippen LogP) is 3.80. The Labute approximate surface area is 138 Å². The summed E-state index contributed by atoms with van der Waals surface area (Å²) in [5.74, 6) is 5.78. The van der Waals surface area contributed by atoms with E-state index in [9.17, 15) is 9.59 Å². The molecule has 23 heavy (non-hydrogen) atoms. The fraction of sp³-hybridized carbons (Fsp3) is 0.810. The average molecular weight is 310 g/mol. The Hall–Kier alpha value is -0.920. The van der Waals surface area contributed by atoms with Crippen LogP contribution in [0.4, 0.5) is 0 Å². The van der Waals surface area contributed by atoms with Gasteiger partial charge in [-0.25, -0.2) is 0 Å². The third-order valence-corrected chi connectivity index (χ3v) is 9.21. The van der Waals surface area contributed by atoms with Crippen LogP contribution in [0, 0.1) is 52.3 Å². The van der Waals surface area contributed by atoms with Crippen molar-refractivity contribution in [1.29, 1.82) is 0 Å². The molecule has 9 atom stereocenters. The molecule has 0 N–H and O–H groups in total. The highest BCUT2D eigenvalue weighted by atomic mass is 16.1. The van der Waals surface area contributed by atoms with Crippen LogP contribution in [0.3, 0.4) is 0 Å². The number of hydrogen-bond acceptors (Lipinski definition) is 2. The van der Waals surface area contributed by atoms with Crippen LogP contribution in [-0.4, -0.2) is 11.6 Å². The first-order valence-corrected chi connectivity index (χ1v) is 9.74. The van der Waals surface area contributed by atoms with Crippen molar-refractivity contribution in [1.82, 2.24) is 0 Å². The zero-order chi connectivity index (χ0) is 15.7. The Morgan fingerprint density at radius 1 is 1.00 bits per heavy atom. The lowest BCUT2D eigenvalue weighted by molar-refractivity contribution is -0.137. The third kappa shape index (κ3) is 1.36. The summed E-state index contributed by atoms with van der Waals surface area (Å²) >= 11 is 0. The van der Waals surface area contributed by atoms with Crippen molar-refractivity contribution in [3.63, 3.8) is 0 Å². The fourth-order valence-electron chi connectivity index (χ4n) is 8.04. The van der Waals surface area contributed by atoms with Gasteiger partial charge in [0.25, 0.3) is 0 Å². The maximum Gasteiger partial charge on any atom is 0.155 e. The molecule has 6 aliphatic carbocycles. The number of Topliss-reactive ketones (excluding diaryl/α,β-unsaturated/α-hetero) is 1. The van der Waals surface area contributed by atoms with E-state index in [-0.39, 0.29) is 10.8 Å². The van der Waals surface area contributed by atoms with Crippen LogP contribution in [0.2, 0.25) is 0 Å². The summed E-state index contributed by atoms with van der Waals surface area (Å²) in [7, 11) is 0. The Morgan fingerprint density at radius 3 is 2.61 bits per heavy atom. The lowest BCUT2D eigenvalue weighted by Gasteiger charge is -2.57. The molecule has 0 aromatic rings. The second kappa shape index (κ2) is 3.68. The van der Waals surface area contributed by atoms with Gasteiger partial charge in [-0.3, -0.25) is 9.59 Å². The molecule has 6 rings (SSSR count). The SMILES string of the molecule is C[C@]12CCC(=O)C=C1[C@@H]1C[C@@H]1C1C2CC[C@]2(C)C(=O)[C@H]3C[C@H]3C12. The van der Waals surface area contributed by atoms with Crippen molar-refractivity contribution in [3.05, 3.63) is 11.6 Å². The minimum absolute atomic E-state index is 0.00392. The lowest BCUT2D eigenvalue weighted by Crippen LogP contribution is -2.52. The van der Waals surface area contributed by atoms with Gasteiger partial charge in [0.1, 0.15) is 5.78 Å². The molecular weight excluding hydrogens is 284 g/mol. The van der Waals surface area contributed by atoms with E-state index in [0.29, 0.717) is 29.3 Å². The van der Waals surface area contributed by atoms with Crippen molar-refractivity contribution >= 4 is 11.6 Å². The molecule has 0 aromatic heterocycles. The van der Waals surface area contributed by atoms with Crippen LogP contribution in [0.5, 0.6) is 0 Å². The summed E-state index contributed by atoms with van der Waals surface area (Å²) in [4.78, 5) is 24.8. The summed E-state index contributed by atoms with van der Waals surface area (Å²) in [6.07, 6.45) is 8.66. The van der Waals surface area contributed by atoms with Gasteiger partial charge in [0, 0.05) is 17.8 Å². The molecule has 5 fully saturated rings. The number of fused-ring (bicyclic) bond motifs is 10. The molecule has 122 valence electrons. The van der Waals surface area contributed by atoms with E-state index in [4.69, 9.17) is 0 Å². The normalized spacial score (nSPS) is 61.7. The van der Waals surface area contributed by atoms with Crippen LogP contribution in [0.1, 0.15) is 52.4 Å². The highest BCUT2D eigenvalue weighted by Gasteiger charge is 2.74. The Kier molecular flexibility index (Phi) is 2.14. The van der Waals surface area contributed by atoms with Crippen molar-refractivity contribution in [3.8, 4) is 0 Å². The van der Waals surface area contributed by atoms with Gasteiger partial charge in [-0.05, 0) is 79.1 Å². The first kappa shape index (κ1) is 13.4. The number of rotatable bonds is 0. The maximum absolute atomic E-state index is 12.8. The molecule has 3 unspecified atom stereocenters. The molecule has 0 saturated heterocycles. The second-order valence-corrected chi connectivity index (χ2v) is 10.0. The molecular formula is C21H26O2. The minimum atomic E-state index is 0.00392. The smallest absolute Gasteiger partial charge is 0.155 e. The largest absolute Gasteiger partial charge is 0.299 e. The summed E-state index contributed by atoms with van der Waals surface area (Å²) in [5.41, 5.74) is 1.78. The molecule has 5 saturated carbocycles. The minimum Gasteiger partial charge on any atom is -0.299 e. The molecule has 0 heterocycles. The zero-order valence-corrected chi connectivity index (χ0v) is 14.2. The topological polar surface area (TPSA) is 34.1 Å². The summed E-state index contributed by atoms with van der Waals surface area (Å²) < 4.78 is 0. The standard InChI is InChI=1S/C21H26O2/c1-20-5-3-10(22)7-16(20)11-8-12(11)17-15(20)4-6-21(2)18(17)13-9-14(13)19(21)23/h7,11-15,17-18H,3-6,8-9H2,1-2H3/t11-,12+,13-,14+,15?,17?,18?,20-,21+/m1/s1. The molecule has 0 radical (unpaired) electrons. The monoisotopic (exact) mass is 310 g/mol. The number of allylic oxidation sites excluding steroid dienone is 1. The molecule has 2 heteroatoms. The second-order valence-electron chi connectivity index (χ2n) is 10.0. The molecule has 0 spiro atoms. The van der Waals surface area contributed by atoms with Crippen molar-refractivity contribution < 1.29 is 9.59 Å². The van der Waals surface area contributed by atoms with Gasteiger partial charge in [-0.2, -0.15) is 0 Å². The third-order valence-electron chi connectivity index (χ3n) is 9.21. The number of hydrogen-bond donors (Lipinski definition) is 0. The van der Waals surface area contributed by atoms with Gasteiger partial charge in [-0.1, -0.05) is 19.4 Å². The zero-order valence-electron chi connectivity index (χ0n) is 14.2. The molecule has 0 aromatic carbocycles. The van der Waals surface area contributed by atoms with Gasteiger partial charge in [0.2, 0.25) is 0 Å². The first-order chi connectivity index (χ1) is 10.9. The molecule has 0 bridgehead atoms. The summed E-state index contributed by atoms with van der Waals surface area (Å²) in [6.45, 7) is 4.76. The quantitative estimate of drug-likeness (QED) is 0.682. The summed E-state index contributed by atoms with van der Waals surface area (Å²) in [5, 5.41) is 0. The van der Waals surface area contributed by atoms with E-state index in [1.165, 1.54) is 24.8 Å². The summed E-state index contributed by atoms with van der Waals surface area (Å²) in [6, 6.07) is 0. The average Bonchev–Trinajstić information content (AvgIpc) is 3.40. The predicted molar refractivity (Wildman–Crippen MR) is 86.4 cm³/mol. The van der Waals surface area contributed by atoms with E-state index in [1.54, 1.807) is 0 Å². The molecule has 0 aliphatic heterocycles. The van der Waals surface area contributed by atoms with Crippen LogP contribution in [0.15, 0.2) is 11.6 Å². The van der Waals surface area contributed by atoms with Crippen molar-refractivity contribution in [2.24, 2.45) is 52.3 Å². The molecule has 6 aliphatic rings. The van der Waals surface area contributed by atoms with E-state index >= 15 is 0 Å². The van der Waals surface area contributed by atoms with E-state index in [2.05, 4.69) is 13.8 Å². The highest BCUT2D eigenvalue weighted by Crippen LogP contribution is 2.77. The van der Waals surface area contributed by atoms with Crippen molar-refractivity contribution in [2.45, 2.75) is 52.4 Å².